The van der Waals surface area contributed by atoms with E-state index in [1.165, 1.54) is 12.3 Å². The number of nitrogens with zero attached hydrogens (tertiary/aromatic N) is 2. The van der Waals surface area contributed by atoms with Crippen LogP contribution in [-0.4, -0.2) is 49.8 Å². The van der Waals surface area contributed by atoms with Gasteiger partial charge in [0.25, 0.3) is 0 Å². The van der Waals surface area contributed by atoms with Crippen molar-refractivity contribution in [2.24, 2.45) is 0 Å². The Balaban J connectivity index is 2.32. The average Bonchev–Trinajstić information content (AvgIpc) is 2.57. The van der Waals surface area contributed by atoms with Gasteiger partial charge < -0.3 is 25.8 Å². The third kappa shape index (κ3) is 2.03. The number of aromatic nitrogens is 2. The Labute approximate surface area is 95.9 Å². The molecule has 1 saturated heterocycles. The van der Waals surface area contributed by atoms with Gasteiger partial charge in [0.1, 0.15) is 24.1 Å². The first-order valence-electron chi connectivity index (χ1n) is 5.01. The van der Waals surface area contributed by atoms with E-state index in [-0.39, 0.29) is 5.82 Å². The van der Waals surface area contributed by atoms with E-state index >= 15 is 0 Å². The quantitative estimate of drug-likeness (QED) is 0.449. The molecular weight excluding hydrogens is 230 g/mol. The normalized spacial score (nSPS) is 32.9. The van der Waals surface area contributed by atoms with Crippen molar-refractivity contribution in [2.75, 3.05) is 12.3 Å². The Morgan fingerprint density at radius 3 is 2.71 bits per heavy atom. The predicted octanol–water partition coefficient (Wildman–Crippen LogP) is -2.56. The van der Waals surface area contributed by atoms with Crippen LogP contribution in [0.3, 0.4) is 0 Å². The van der Waals surface area contributed by atoms with Crippen molar-refractivity contribution < 1.29 is 20.1 Å². The molecule has 2 heterocycles. The summed E-state index contributed by atoms with van der Waals surface area (Å²) in [6.45, 7) is -0.453. The summed E-state index contributed by atoms with van der Waals surface area (Å²) >= 11 is 0. The van der Waals surface area contributed by atoms with Crippen LogP contribution in [0.1, 0.15) is 6.23 Å². The number of aliphatic hydroxyl groups is 3. The van der Waals surface area contributed by atoms with Gasteiger partial charge in [-0.1, -0.05) is 0 Å². The van der Waals surface area contributed by atoms with Crippen molar-refractivity contribution >= 4 is 5.82 Å². The molecule has 5 N–H and O–H groups in total. The minimum Gasteiger partial charge on any atom is -0.394 e. The molecule has 0 amide bonds. The molecular formula is C9H13N3O5. The summed E-state index contributed by atoms with van der Waals surface area (Å²) < 4.78 is 6.19. The van der Waals surface area contributed by atoms with Crippen molar-refractivity contribution in [3.8, 4) is 0 Å². The van der Waals surface area contributed by atoms with Gasteiger partial charge in [0, 0.05) is 6.20 Å². The largest absolute Gasteiger partial charge is 0.394 e. The topological polar surface area (TPSA) is 131 Å². The van der Waals surface area contributed by atoms with E-state index in [4.69, 9.17) is 15.6 Å². The lowest BCUT2D eigenvalue weighted by Gasteiger charge is -2.16. The number of aliphatic hydroxyl groups excluding tert-OH is 3. The standard InChI is InChI=1S/C9H13N3O5/c10-5-1-2-12(9(16)11-5)8-7(15)6(14)4(3-13)17-8/h1-2,4,6-8,13-15H,3H2,(H2,10,11,16)/t4?,6-,7+,8-/m1/s1. The number of nitrogen functional groups attached to an aromatic ring is 1. The zero-order valence-corrected chi connectivity index (χ0v) is 8.80. The molecule has 17 heavy (non-hydrogen) atoms. The van der Waals surface area contributed by atoms with Crippen LogP contribution in [0.2, 0.25) is 0 Å². The Bertz CT molecular complexity index is 462. The highest BCUT2D eigenvalue weighted by molar-refractivity contribution is 5.23. The van der Waals surface area contributed by atoms with E-state index in [1.54, 1.807) is 0 Å². The fourth-order valence-corrected chi connectivity index (χ4v) is 1.73. The number of hydrogen-bond acceptors (Lipinski definition) is 7. The van der Waals surface area contributed by atoms with E-state index in [9.17, 15) is 15.0 Å². The summed E-state index contributed by atoms with van der Waals surface area (Å²) in [7, 11) is 0. The average molecular weight is 243 g/mol. The van der Waals surface area contributed by atoms with Gasteiger partial charge in [-0.15, -0.1) is 0 Å². The highest BCUT2D eigenvalue weighted by atomic mass is 16.6. The number of nitrogens with two attached hydrogens (primary N) is 1. The first kappa shape index (κ1) is 12.0. The van der Waals surface area contributed by atoms with Crippen LogP contribution >= 0.6 is 0 Å². The van der Waals surface area contributed by atoms with E-state index in [0.717, 1.165) is 4.57 Å². The van der Waals surface area contributed by atoms with E-state index in [2.05, 4.69) is 4.98 Å². The second-order valence-electron chi connectivity index (χ2n) is 3.77. The molecule has 1 aliphatic rings. The third-order valence-corrected chi connectivity index (χ3v) is 2.64. The molecule has 0 spiro atoms. The Kier molecular flexibility index (Phi) is 3.11. The molecule has 0 bridgehead atoms. The second kappa shape index (κ2) is 4.41. The summed E-state index contributed by atoms with van der Waals surface area (Å²) in [6.07, 6.45) is -3.27. The SMILES string of the molecule is Nc1ccn([C@@H]2OC(CO)[C@@H](O)[C@@H]2O)c(=O)n1. The lowest BCUT2D eigenvalue weighted by Crippen LogP contribution is -2.36. The van der Waals surface area contributed by atoms with Gasteiger partial charge in [-0.05, 0) is 6.07 Å². The van der Waals surface area contributed by atoms with Crippen LogP contribution in [-0.2, 0) is 4.74 Å². The highest BCUT2D eigenvalue weighted by Crippen LogP contribution is 2.27. The van der Waals surface area contributed by atoms with Gasteiger partial charge in [0.05, 0.1) is 6.61 Å². The van der Waals surface area contributed by atoms with Crippen LogP contribution in [0.15, 0.2) is 17.1 Å². The fraction of sp³-hybridized carbons (Fsp3) is 0.556. The lowest BCUT2D eigenvalue weighted by atomic mass is 10.1. The van der Waals surface area contributed by atoms with Crippen LogP contribution in [0.5, 0.6) is 0 Å². The number of anilines is 1. The molecule has 1 unspecified atom stereocenters. The molecule has 0 aromatic carbocycles. The lowest BCUT2D eigenvalue weighted by molar-refractivity contribution is -0.0549. The Hall–Kier alpha value is -1.48. The first-order chi connectivity index (χ1) is 8.04. The maximum Gasteiger partial charge on any atom is 0.351 e. The molecule has 8 nitrogen and oxygen atoms in total. The van der Waals surface area contributed by atoms with Crippen LogP contribution in [0.4, 0.5) is 5.82 Å². The second-order valence-corrected chi connectivity index (χ2v) is 3.77. The molecule has 8 heteroatoms. The van der Waals surface area contributed by atoms with Crippen molar-refractivity contribution in [3.63, 3.8) is 0 Å². The zero-order chi connectivity index (χ0) is 12.6. The summed E-state index contributed by atoms with van der Waals surface area (Å²) in [6, 6.07) is 1.37. The molecule has 2 rings (SSSR count). The highest BCUT2D eigenvalue weighted by Gasteiger charge is 2.43. The zero-order valence-electron chi connectivity index (χ0n) is 8.80. The van der Waals surface area contributed by atoms with Crippen molar-refractivity contribution in [1.29, 1.82) is 0 Å². The van der Waals surface area contributed by atoms with Gasteiger partial charge in [-0.3, -0.25) is 4.57 Å². The first-order valence-corrected chi connectivity index (χ1v) is 5.01. The molecule has 4 atom stereocenters. The molecule has 0 radical (unpaired) electrons. The van der Waals surface area contributed by atoms with Crippen molar-refractivity contribution in [2.45, 2.75) is 24.5 Å². The molecule has 1 aliphatic heterocycles. The van der Waals surface area contributed by atoms with Crippen molar-refractivity contribution in [3.05, 3.63) is 22.7 Å². The molecule has 1 aromatic rings. The van der Waals surface area contributed by atoms with Gasteiger partial charge in [0.15, 0.2) is 6.23 Å². The molecule has 1 fully saturated rings. The molecule has 0 aliphatic carbocycles. The van der Waals surface area contributed by atoms with Gasteiger partial charge in [-0.25, -0.2) is 4.79 Å². The van der Waals surface area contributed by atoms with E-state index in [1.807, 2.05) is 0 Å². The molecule has 1 aromatic heterocycles. The number of ether oxygens (including phenoxy) is 1. The van der Waals surface area contributed by atoms with Gasteiger partial charge >= 0.3 is 5.69 Å². The van der Waals surface area contributed by atoms with Crippen LogP contribution in [0, 0.1) is 0 Å². The monoisotopic (exact) mass is 243 g/mol. The van der Waals surface area contributed by atoms with E-state index < -0.39 is 36.8 Å². The summed E-state index contributed by atoms with van der Waals surface area (Å²) in [4.78, 5) is 15.0. The summed E-state index contributed by atoms with van der Waals surface area (Å²) in [5, 5.41) is 28.2. The smallest absolute Gasteiger partial charge is 0.351 e. The maximum absolute atomic E-state index is 11.5. The number of hydrogen-bond donors (Lipinski definition) is 4. The Morgan fingerprint density at radius 2 is 2.18 bits per heavy atom. The minimum atomic E-state index is -1.31. The molecule has 0 saturated carbocycles. The summed E-state index contributed by atoms with van der Waals surface area (Å²) in [5.74, 6) is 0.0537. The van der Waals surface area contributed by atoms with Gasteiger partial charge in [0.2, 0.25) is 0 Å². The predicted molar refractivity (Wildman–Crippen MR) is 55.9 cm³/mol. The molecule has 94 valence electrons. The maximum atomic E-state index is 11.5. The summed E-state index contributed by atoms with van der Waals surface area (Å²) in [5.41, 5.74) is 4.63. The van der Waals surface area contributed by atoms with Crippen LogP contribution in [0.25, 0.3) is 0 Å². The Morgan fingerprint density at radius 1 is 1.47 bits per heavy atom. The minimum absolute atomic E-state index is 0.0537. The number of rotatable bonds is 2. The third-order valence-electron chi connectivity index (χ3n) is 2.64. The van der Waals surface area contributed by atoms with Gasteiger partial charge in [-0.2, -0.15) is 4.98 Å². The van der Waals surface area contributed by atoms with E-state index in [0.29, 0.717) is 0 Å². The fourth-order valence-electron chi connectivity index (χ4n) is 1.73. The van der Waals surface area contributed by atoms with Crippen LogP contribution < -0.4 is 11.4 Å². The van der Waals surface area contributed by atoms with Crippen molar-refractivity contribution in [1.82, 2.24) is 9.55 Å².